The van der Waals surface area contributed by atoms with Crippen molar-refractivity contribution in [2.24, 2.45) is 0 Å². The summed E-state index contributed by atoms with van der Waals surface area (Å²) in [7, 11) is 0. The molecule has 0 atom stereocenters. The summed E-state index contributed by atoms with van der Waals surface area (Å²) in [5, 5.41) is 11.2. The van der Waals surface area contributed by atoms with Crippen LogP contribution in [0.1, 0.15) is 42.3 Å². The molecule has 25 heavy (non-hydrogen) atoms. The van der Waals surface area contributed by atoms with Crippen molar-refractivity contribution >= 4 is 39.3 Å². The van der Waals surface area contributed by atoms with Gasteiger partial charge in [0, 0.05) is 11.1 Å². The number of aromatic carboxylic acids is 1. The van der Waals surface area contributed by atoms with Crippen LogP contribution in [0.25, 0.3) is 10.2 Å². The maximum atomic E-state index is 12.2. The molecule has 0 aliphatic rings. The van der Waals surface area contributed by atoms with E-state index in [0.29, 0.717) is 15.7 Å². The van der Waals surface area contributed by atoms with Crippen molar-refractivity contribution < 1.29 is 9.90 Å². The molecule has 1 aromatic carbocycles. The van der Waals surface area contributed by atoms with Crippen LogP contribution in [0.15, 0.2) is 39.6 Å². The van der Waals surface area contributed by atoms with Crippen molar-refractivity contribution in [3.8, 4) is 0 Å². The predicted octanol–water partition coefficient (Wildman–Crippen LogP) is 4.27. The van der Waals surface area contributed by atoms with Gasteiger partial charge in [0.25, 0.3) is 5.56 Å². The first-order valence-electron chi connectivity index (χ1n) is 7.73. The highest BCUT2D eigenvalue weighted by atomic mass is 32.2. The summed E-state index contributed by atoms with van der Waals surface area (Å²) in [5.41, 5.74) is 2.12. The fourth-order valence-corrected chi connectivity index (χ4v) is 4.19. The van der Waals surface area contributed by atoms with E-state index in [2.05, 4.69) is 55.0 Å². The second kappa shape index (κ2) is 6.65. The number of carboxylic acid groups (broad SMARTS) is 1. The van der Waals surface area contributed by atoms with E-state index in [4.69, 9.17) is 5.11 Å². The Balaban J connectivity index is 1.80. The third-order valence-corrected chi connectivity index (χ3v) is 5.66. The standard InChI is InChI=1S/C18H18N2O3S2/c1-18(2,3)11-6-4-10(5-7-11)8-25-17-19-14(21)13-12(16(22)23)9-24-15(13)20-17/h4-7,9H,8H2,1-3H3,(H,22,23)(H,19,20,21). The zero-order chi connectivity index (χ0) is 18.2. The minimum Gasteiger partial charge on any atom is -0.478 e. The van der Waals surface area contributed by atoms with Gasteiger partial charge in [0.05, 0.1) is 10.9 Å². The Morgan fingerprint density at radius 3 is 2.56 bits per heavy atom. The van der Waals surface area contributed by atoms with E-state index in [1.54, 1.807) is 0 Å². The van der Waals surface area contributed by atoms with Crippen LogP contribution in [0, 0.1) is 0 Å². The van der Waals surface area contributed by atoms with Gasteiger partial charge in [-0.05, 0) is 16.5 Å². The molecule has 0 radical (unpaired) electrons. The third-order valence-electron chi connectivity index (χ3n) is 3.85. The number of hydrogen-bond acceptors (Lipinski definition) is 5. The Labute approximate surface area is 153 Å². The molecule has 0 saturated heterocycles. The van der Waals surface area contributed by atoms with E-state index < -0.39 is 11.5 Å². The van der Waals surface area contributed by atoms with Crippen molar-refractivity contribution in [1.82, 2.24) is 9.97 Å². The molecule has 0 aliphatic heterocycles. The summed E-state index contributed by atoms with van der Waals surface area (Å²) in [6.07, 6.45) is 0. The molecule has 0 saturated carbocycles. The van der Waals surface area contributed by atoms with Gasteiger partial charge in [-0.25, -0.2) is 9.78 Å². The number of benzene rings is 1. The second-order valence-corrected chi connectivity index (χ2v) is 8.56. The lowest BCUT2D eigenvalue weighted by atomic mass is 9.87. The topological polar surface area (TPSA) is 83.0 Å². The molecule has 0 amide bonds. The van der Waals surface area contributed by atoms with Gasteiger partial charge in [-0.2, -0.15) is 0 Å². The molecule has 0 fully saturated rings. The number of aromatic nitrogens is 2. The molecule has 130 valence electrons. The number of rotatable bonds is 4. The minimum atomic E-state index is -1.11. The average Bonchev–Trinajstić information content (AvgIpc) is 2.97. The number of hydrogen-bond donors (Lipinski definition) is 2. The van der Waals surface area contributed by atoms with Crippen LogP contribution >= 0.6 is 23.1 Å². The van der Waals surface area contributed by atoms with Crippen molar-refractivity contribution in [2.75, 3.05) is 0 Å². The highest BCUT2D eigenvalue weighted by Crippen LogP contribution is 2.26. The quantitative estimate of drug-likeness (QED) is 0.526. The predicted molar refractivity (Wildman–Crippen MR) is 102 cm³/mol. The van der Waals surface area contributed by atoms with Gasteiger partial charge in [-0.1, -0.05) is 56.8 Å². The Morgan fingerprint density at radius 2 is 1.96 bits per heavy atom. The van der Waals surface area contributed by atoms with Crippen LogP contribution in [0.5, 0.6) is 0 Å². The van der Waals surface area contributed by atoms with E-state index in [0.717, 1.165) is 5.56 Å². The van der Waals surface area contributed by atoms with Crippen LogP contribution in [0.3, 0.4) is 0 Å². The van der Waals surface area contributed by atoms with Crippen molar-refractivity contribution in [1.29, 1.82) is 0 Å². The average molecular weight is 374 g/mol. The molecule has 2 N–H and O–H groups in total. The molecular formula is C18H18N2O3S2. The summed E-state index contributed by atoms with van der Waals surface area (Å²) in [6, 6.07) is 8.40. The number of nitrogens with zero attached hydrogens (tertiary/aromatic N) is 1. The molecule has 0 bridgehead atoms. The van der Waals surface area contributed by atoms with Crippen LogP contribution < -0.4 is 5.56 Å². The zero-order valence-electron chi connectivity index (χ0n) is 14.1. The number of fused-ring (bicyclic) bond motifs is 1. The summed E-state index contributed by atoms with van der Waals surface area (Å²) in [4.78, 5) is 30.8. The largest absolute Gasteiger partial charge is 0.478 e. The zero-order valence-corrected chi connectivity index (χ0v) is 15.8. The third kappa shape index (κ3) is 3.77. The van der Waals surface area contributed by atoms with Crippen LogP contribution in [-0.4, -0.2) is 21.0 Å². The molecule has 0 spiro atoms. The molecular weight excluding hydrogens is 356 g/mol. The fourth-order valence-electron chi connectivity index (χ4n) is 2.41. The Morgan fingerprint density at radius 1 is 1.28 bits per heavy atom. The summed E-state index contributed by atoms with van der Waals surface area (Å²) < 4.78 is 0. The highest BCUT2D eigenvalue weighted by molar-refractivity contribution is 7.98. The summed E-state index contributed by atoms with van der Waals surface area (Å²) >= 11 is 2.60. The molecule has 0 unspecified atom stereocenters. The molecule has 3 aromatic rings. The minimum absolute atomic E-state index is 0.00284. The molecule has 2 heterocycles. The van der Waals surface area contributed by atoms with Gasteiger partial charge in [0.15, 0.2) is 5.16 Å². The van der Waals surface area contributed by atoms with Gasteiger partial charge >= 0.3 is 5.97 Å². The van der Waals surface area contributed by atoms with E-state index in [9.17, 15) is 9.59 Å². The van der Waals surface area contributed by atoms with E-state index in [-0.39, 0.29) is 16.4 Å². The van der Waals surface area contributed by atoms with Crippen molar-refractivity contribution in [3.63, 3.8) is 0 Å². The Bertz CT molecular complexity index is 982. The Hall–Kier alpha value is -2.12. The van der Waals surface area contributed by atoms with Crippen molar-refractivity contribution in [3.05, 3.63) is 56.7 Å². The highest BCUT2D eigenvalue weighted by Gasteiger charge is 2.16. The van der Waals surface area contributed by atoms with Gasteiger partial charge in [0.1, 0.15) is 4.83 Å². The maximum absolute atomic E-state index is 12.2. The van der Waals surface area contributed by atoms with E-state index in [1.807, 2.05) is 0 Å². The first-order chi connectivity index (χ1) is 11.8. The van der Waals surface area contributed by atoms with Crippen LogP contribution in [0.2, 0.25) is 0 Å². The lowest BCUT2D eigenvalue weighted by Gasteiger charge is -2.19. The number of carbonyl (C=O) groups is 1. The van der Waals surface area contributed by atoms with Gasteiger partial charge in [0.2, 0.25) is 0 Å². The van der Waals surface area contributed by atoms with E-state index in [1.165, 1.54) is 34.0 Å². The number of H-pyrrole nitrogens is 1. The molecule has 0 aliphatic carbocycles. The van der Waals surface area contributed by atoms with Gasteiger partial charge < -0.3 is 10.1 Å². The molecule has 2 aromatic heterocycles. The molecule has 5 nitrogen and oxygen atoms in total. The lowest BCUT2D eigenvalue weighted by molar-refractivity contribution is 0.0699. The number of nitrogens with one attached hydrogen (secondary N) is 1. The first-order valence-corrected chi connectivity index (χ1v) is 9.59. The normalized spacial score (nSPS) is 11.8. The van der Waals surface area contributed by atoms with Gasteiger partial charge in [-0.15, -0.1) is 11.3 Å². The number of thiophene rings is 1. The van der Waals surface area contributed by atoms with Crippen LogP contribution in [-0.2, 0) is 11.2 Å². The molecule has 3 rings (SSSR count). The van der Waals surface area contributed by atoms with Crippen LogP contribution in [0.4, 0.5) is 0 Å². The lowest BCUT2D eigenvalue weighted by Crippen LogP contribution is -2.11. The summed E-state index contributed by atoms with van der Waals surface area (Å²) in [6.45, 7) is 6.52. The summed E-state index contributed by atoms with van der Waals surface area (Å²) in [5.74, 6) is -0.436. The van der Waals surface area contributed by atoms with Gasteiger partial charge in [-0.3, -0.25) is 4.79 Å². The molecule has 7 heteroatoms. The van der Waals surface area contributed by atoms with E-state index >= 15 is 0 Å². The maximum Gasteiger partial charge on any atom is 0.337 e. The second-order valence-electron chi connectivity index (χ2n) is 6.74. The van der Waals surface area contributed by atoms with Crippen molar-refractivity contribution in [2.45, 2.75) is 37.1 Å². The monoisotopic (exact) mass is 374 g/mol. The SMILES string of the molecule is CC(C)(C)c1ccc(CSc2nc3scc(C(=O)O)c3c(=O)[nH]2)cc1. The first kappa shape index (κ1) is 17.7. The number of thioether (sulfide) groups is 1. The fraction of sp³-hybridized carbons (Fsp3) is 0.278. The Kier molecular flexibility index (Phi) is 4.71. The smallest absolute Gasteiger partial charge is 0.337 e. The number of carboxylic acids is 1. The number of aromatic amines is 1.